The van der Waals surface area contributed by atoms with Gasteiger partial charge in [-0.25, -0.2) is 0 Å². The number of pyridine rings is 1. The molecule has 0 spiro atoms. The van der Waals surface area contributed by atoms with Crippen LogP contribution in [-0.2, 0) is 5.75 Å². The lowest BCUT2D eigenvalue weighted by atomic mass is 10.2. The van der Waals surface area contributed by atoms with E-state index in [9.17, 15) is 10.1 Å². The molecule has 0 aliphatic rings. The lowest BCUT2D eigenvalue weighted by Crippen LogP contribution is -1.92. The summed E-state index contributed by atoms with van der Waals surface area (Å²) in [6.07, 6.45) is 0. The summed E-state index contributed by atoms with van der Waals surface area (Å²) >= 11 is 1.49. The van der Waals surface area contributed by atoms with Crippen LogP contribution in [0.1, 0.15) is 5.56 Å². The van der Waals surface area contributed by atoms with Crippen LogP contribution in [0, 0.1) is 10.1 Å². The topological polar surface area (TPSA) is 56.0 Å². The van der Waals surface area contributed by atoms with Gasteiger partial charge in [0.15, 0.2) is 0 Å². The number of hydrogen-bond donors (Lipinski definition) is 0. The lowest BCUT2D eigenvalue weighted by Gasteiger charge is -1.98. The quantitative estimate of drug-likeness (QED) is 0.472. The number of nitro groups is 1. The predicted octanol–water partition coefficient (Wildman–Crippen LogP) is 3.28. The van der Waals surface area contributed by atoms with Gasteiger partial charge >= 0.3 is 5.82 Å². The number of aromatic nitrogens is 1. The second-order valence-corrected chi connectivity index (χ2v) is 4.36. The average Bonchev–Trinajstić information content (AvgIpc) is 2.38. The van der Waals surface area contributed by atoms with Crippen LogP contribution >= 0.6 is 11.8 Å². The fourth-order valence-electron chi connectivity index (χ4n) is 1.32. The molecule has 0 bridgehead atoms. The highest BCUT2D eigenvalue weighted by Gasteiger charge is 2.09. The maximum absolute atomic E-state index is 10.6. The van der Waals surface area contributed by atoms with Crippen molar-refractivity contribution in [3.8, 4) is 0 Å². The van der Waals surface area contributed by atoms with Gasteiger partial charge in [-0.3, -0.25) is 0 Å². The summed E-state index contributed by atoms with van der Waals surface area (Å²) in [5.41, 5.74) is 1.17. The van der Waals surface area contributed by atoms with Crippen LogP contribution in [0.5, 0.6) is 0 Å². The first-order chi connectivity index (χ1) is 8.25. The predicted molar refractivity (Wildman–Crippen MR) is 66.9 cm³/mol. The van der Waals surface area contributed by atoms with Crippen LogP contribution < -0.4 is 0 Å². The molecule has 0 saturated carbocycles. The Morgan fingerprint density at radius 2 is 1.88 bits per heavy atom. The molecule has 2 aromatic rings. The normalized spacial score (nSPS) is 10.1. The van der Waals surface area contributed by atoms with Gasteiger partial charge in [0, 0.05) is 11.8 Å². The minimum atomic E-state index is -0.480. The van der Waals surface area contributed by atoms with Crippen LogP contribution in [-0.4, -0.2) is 9.91 Å². The molecule has 0 fully saturated rings. The molecular weight excluding hydrogens is 236 g/mol. The SMILES string of the molecule is O=[N+]([O-])c1cccc(SCc2ccccc2)n1. The molecule has 1 aromatic carbocycles. The van der Waals surface area contributed by atoms with Gasteiger partial charge < -0.3 is 10.1 Å². The molecule has 4 nitrogen and oxygen atoms in total. The third kappa shape index (κ3) is 3.29. The van der Waals surface area contributed by atoms with Crippen molar-refractivity contribution in [1.82, 2.24) is 4.98 Å². The maximum Gasteiger partial charge on any atom is 0.364 e. The van der Waals surface area contributed by atoms with Gasteiger partial charge in [-0.05, 0) is 27.6 Å². The Bertz CT molecular complexity index is 517. The minimum Gasteiger partial charge on any atom is -0.358 e. The van der Waals surface area contributed by atoms with Crippen LogP contribution in [0.3, 0.4) is 0 Å². The summed E-state index contributed by atoms with van der Waals surface area (Å²) < 4.78 is 0. The first-order valence-electron chi connectivity index (χ1n) is 5.04. The standard InChI is InChI=1S/C12H10N2O2S/c15-14(16)11-7-4-8-12(13-11)17-9-10-5-2-1-3-6-10/h1-8H,9H2. The molecule has 17 heavy (non-hydrogen) atoms. The zero-order chi connectivity index (χ0) is 12.1. The van der Waals surface area contributed by atoms with E-state index in [1.165, 1.54) is 23.4 Å². The molecule has 0 aliphatic heterocycles. The van der Waals surface area contributed by atoms with Crippen LogP contribution in [0.4, 0.5) is 5.82 Å². The van der Waals surface area contributed by atoms with Gasteiger partial charge in [-0.15, -0.1) is 0 Å². The summed E-state index contributed by atoms with van der Waals surface area (Å²) in [5, 5.41) is 11.2. The molecule has 0 N–H and O–H groups in total. The zero-order valence-corrected chi connectivity index (χ0v) is 9.76. The van der Waals surface area contributed by atoms with E-state index in [0.717, 1.165) is 5.75 Å². The highest BCUT2D eigenvalue weighted by Crippen LogP contribution is 2.22. The van der Waals surface area contributed by atoms with E-state index >= 15 is 0 Å². The minimum absolute atomic E-state index is 0.108. The van der Waals surface area contributed by atoms with Gasteiger partial charge in [0.05, 0.1) is 0 Å². The van der Waals surface area contributed by atoms with E-state index in [1.807, 2.05) is 30.3 Å². The van der Waals surface area contributed by atoms with Crippen molar-refractivity contribution in [2.45, 2.75) is 10.8 Å². The number of rotatable bonds is 4. The Kier molecular flexibility index (Phi) is 3.72. The van der Waals surface area contributed by atoms with E-state index in [0.29, 0.717) is 5.03 Å². The van der Waals surface area contributed by atoms with Crippen LogP contribution in [0.15, 0.2) is 53.6 Å². The van der Waals surface area contributed by atoms with Crippen molar-refractivity contribution in [2.75, 3.05) is 0 Å². The molecular formula is C12H10N2O2S. The summed E-state index contributed by atoms with van der Waals surface area (Å²) in [4.78, 5) is 14.0. The third-order valence-electron chi connectivity index (χ3n) is 2.13. The van der Waals surface area contributed by atoms with Crippen molar-refractivity contribution in [3.05, 3.63) is 64.2 Å². The summed E-state index contributed by atoms with van der Waals surface area (Å²) in [6, 6.07) is 14.8. The van der Waals surface area contributed by atoms with Gasteiger partial charge in [0.25, 0.3) is 0 Å². The smallest absolute Gasteiger partial charge is 0.358 e. The maximum atomic E-state index is 10.6. The van der Waals surface area contributed by atoms with Crippen LogP contribution in [0.25, 0.3) is 0 Å². The van der Waals surface area contributed by atoms with Gasteiger partial charge in [0.2, 0.25) is 5.03 Å². The van der Waals surface area contributed by atoms with E-state index < -0.39 is 4.92 Å². The Morgan fingerprint density at radius 1 is 1.12 bits per heavy atom. The fourth-order valence-corrected chi connectivity index (χ4v) is 2.16. The van der Waals surface area contributed by atoms with E-state index in [2.05, 4.69) is 4.98 Å². The number of thioether (sulfide) groups is 1. The average molecular weight is 246 g/mol. The first kappa shape index (κ1) is 11.6. The number of hydrogen-bond acceptors (Lipinski definition) is 4. The zero-order valence-electron chi connectivity index (χ0n) is 8.95. The van der Waals surface area contributed by atoms with Crippen molar-refractivity contribution in [3.63, 3.8) is 0 Å². The molecule has 0 saturated heterocycles. The molecule has 1 heterocycles. The molecule has 5 heteroatoms. The molecule has 0 atom stereocenters. The molecule has 2 rings (SSSR count). The highest BCUT2D eigenvalue weighted by atomic mass is 32.2. The molecule has 86 valence electrons. The van der Waals surface area contributed by atoms with E-state index in [-0.39, 0.29) is 5.82 Å². The highest BCUT2D eigenvalue weighted by molar-refractivity contribution is 7.98. The Balaban J connectivity index is 2.04. The third-order valence-corrected chi connectivity index (χ3v) is 3.13. The molecule has 0 unspecified atom stereocenters. The molecule has 0 aliphatic carbocycles. The van der Waals surface area contributed by atoms with Gasteiger partial charge in [-0.2, -0.15) is 0 Å². The van der Waals surface area contributed by atoms with Crippen molar-refractivity contribution in [1.29, 1.82) is 0 Å². The molecule has 0 radical (unpaired) electrons. The Hall–Kier alpha value is -1.88. The number of benzene rings is 1. The van der Waals surface area contributed by atoms with Crippen molar-refractivity contribution >= 4 is 17.6 Å². The summed E-state index contributed by atoms with van der Waals surface area (Å²) in [6.45, 7) is 0. The summed E-state index contributed by atoms with van der Waals surface area (Å²) in [5.74, 6) is 0.651. The first-order valence-corrected chi connectivity index (χ1v) is 6.02. The second-order valence-electron chi connectivity index (χ2n) is 3.37. The molecule has 0 amide bonds. The van der Waals surface area contributed by atoms with Crippen molar-refractivity contribution in [2.24, 2.45) is 0 Å². The fraction of sp³-hybridized carbons (Fsp3) is 0.0833. The van der Waals surface area contributed by atoms with Crippen LogP contribution in [0.2, 0.25) is 0 Å². The second kappa shape index (κ2) is 5.45. The Labute approximate surface area is 103 Å². The van der Waals surface area contributed by atoms with Crippen molar-refractivity contribution < 1.29 is 4.92 Å². The van der Waals surface area contributed by atoms with Gasteiger partial charge in [-0.1, -0.05) is 42.1 Å². The largest absolute Gasteiger partial charge is 0.364 e. The monoisotopic (exact) mass is 246 g/mol. The summed E-state index contributed by atoms with van der Waals surface area (Å²) in [7, 11) is 0. The van der Waals surface area contributed by atoms with E-state index in [1.54, 1.807) is 12.1 Å². The lowest BCUT2D eigenvalue weighted by molar-refractivity contribution is -0.389. The number of nitrogens with zero attached hydrogens (tertiary/aromatic N) is 2. The van der Waals surface area contributed by atoms with E-state index in [4.69, 9.17) is 0 Å². The Morgan fingerprint density at radius 3 is 2.59 bits per heavy atom. The van der Waals surface area contributed by atoms with Gasteiger partial charge in [0.1, 0.15) is 0 Å². The molecule has 1 aromatic heterocycles.